The molecule has 1 fully saturated rings. The van der Waals surface area contributed by atoms with Crippen LogP contribution in [-0.2, 0) is 4.79 Å². The van der Waals surface area contributed by atoms with E-state index in [1.54, 1.807) is 49.5 Å². The van der Waals surface area contributed by atoms with Gasteiger partial charge in [-0.3, -0.25) is 19.7 Å². The third-order valence-electron chi connectivity index (χ3n) is 4.59. The first-order valence-electron chi connectivity index (χ1n) is 9.11. The van der Waals surface area contributed by atoms with Gasteiger partial charge in [-0.1, -0.05) is 24.3 Å². The van der Waals surface area contributed by atoms with Gasteiger partial charge in [-0.25, -0.2) is 0 Å². The first-order chi connectivity index (χ1) is 13.5. The number of nitrogens with zero attached hydrogens (tertiary/aromatic N) is 2. The van der Waals surface area contributed by atoms with Gasteiger partial charge in [0, 0.05) is 32.1 Å². The van der Waals surface area contributed by atoms with Crippen molar-refractivity contribution in [2.45, 2.75) is 12.8 Å². The summed E-state index contributed by atoms with van der Waals surface area (Å²) in [6, 6.07) is 13.3. The molecule has 0 aliphatic heterocycles. The Balaban J connectivity index is 1.59. The lowest BCUT2D eigenvalue weighted by Gasteiger charge is -2.20. The van der Waals surface area contributed by atoms with Gasteiger partial charge in [-0.05, 0) is 31.0 Å². The van der Waals surface area contributed by atoms with E-state index in [2.05, 4.69) is 10.6 Å². The third kappa shape index (κ3) is 4.46. The van der Waals surface area contributed by atoms with Crippen molar-refractivity contribution in [3.63, 3.8) is 0 Å². The van der Waals surface area contributed by atoms with Crippen LogP contribution in [0.25, 0.3) is 0 Å². The zero-order chi connectivity index (χ0) is 20.1. The molecule has 8 heteroatoms. The van der Waals surface area contributed by atoms with Gasteiger partial charge in [0.2, 0.25) is 5.91 Å². The predicted molar refractivity (Wildman–Crippen MR) is 106 cm³/mol. The Hall–Kier alpha value is -3.42. The van der Waals surface area contributed by atoms with Crippen LogP contribution < -0.4 is 15.5 Å². The number of anilines is 2. The van der Waals surface area contributed by atoms with E-state index in [4.69, 9.17) is 0 Å². The maximum atomic E-state index is 12.6. The monoisotopic (exact) mass is 382 g/mol. The van der Waals surface area contributed by atoms with Gasteiger partial charge in [0.15, 0.2) is 0 Å². The summed E-state index contributed by atoms with van der Waals surface area (Å²) in [4.78, 5) is 37.0. The molecular formula is C20H22N4O4. The van der Waals surface area contributed by atoms with Gasteiger partial charge in [-0.2, -0.15) is 0 Å². The average Bonchev–Trinajstić information content (AvgIpc) is 3.55. The highest BCUT2D eigenvalue weighted by molar-refractivity contribution is 6.05. The maximum absolute atomic E-state index is 12.6. The molecule has 0 heterocycles. The molecule has 0 saturated heterocycles. The van der Waals surface area contributed by atoms with Gasteiger partial charge in [0.1, 0.15) is 5.69 Å². The highest BCUT2D eigenvalue weighted by atomic mass is 16.6. The Morgan fingerprint density at radius 2 is 1.79 bits per heavy atom. The summed E-state index contributed by atoms with van der Waals surface area (Å²) < 4.78 is 0. The molecular weight excluding hydrogens is 360 g/mol. The lowest BCUT2D eigenvalue weighted by Crippen LogP contribution is -2.33. The molecule has 0 spiro atoms. The minimum Gasteiger partial charge on any atom is -0.378 e. The third-order valence-corrected chi connectivity index (χ3v) is 4.59. The molecule has 8 nitrogen and oxygen atoms in total. The lowest BCUT2D eigenvalue weighted by molar-refractivity contribution is -0.384. The topological polar surface area (TPSA) is 105 Å². The number of rotatable bonds is 8. The predicted octanol–water partition coefficient (Wildman–Crippen LogP) is 2.81. The first-order valence-corrected chi connectivity index (χ1v) is 9.11. The number of hydrogen-bond acceptors (Lipinski definition) is 5. The minimum atomic E-state index is -0.454. The SMILES string of the molecule is CN(C(=O)C1CC1)c1ccccc1C(=O)NCCNc1ccccc1[N+](=O)[O-]. The zero-order valence-corrected chi connectivity index (χ0v) is 15.6. The van der Waals surface area contributed by atoms with Crippen LogP contribution in [0.5, 0.6) is 0 Å². The Morgan fingerprint density at radius 3 is 2.50 bits per heavy atom. The van der Waals surface area contributed by atoms with Crippen LogP contribution >= 0.6 is 0 Å². The van der Waals surface area contributed by atoms with Crippen LogP contribution in [0.2, 0.25) is 0 Å². The van der Waals surface area contributed by atoms with Crippen LogP contribution in [-0.4, -0.2) is 36.9 Å². The maximum Gasteiger partial charge on any atom is 0.292 e. The summed E-state index contributed by atoms with van der Waals surface area (Å²) in [5.41, 5.74) is 1.38. The standard InChI is InChI=1S/C20H22N4O4/c1-23(20(26)14-10-11-14)17-8-4-2-6-15(17)19(25)22-13-12-21-16-7-3-5-9-18(16)24(27)28/h2-9,14,21H,10-13H2,1H3,(H,22,25). The molecule has 2 amide bonds. The van der Waals surface area contributed by atoms with E-state index in [1.165, 1.54) is 11.0 Å². The van der Waals surface area contributed by atoms with Crippen molar-refractivity contribution >= 4 is 28.9 Å². The van der Waals surface area contributed by atoms with Gasteiger partial charge < -0.3 is 15.5 Å². The van der Waals surface area contributed by atoms with Crippen molar-refractivity contribution < 1.29 is 14.5 Å². The normalized spacial score (nSPS) is 12.9. The second kappa shape index (κ2) is 8.51. The summed E-state index contributed by atoms with van der Waals surface area (Å²) in [6.45, 7) is 0.606. The Morgan fingerprint density at radius 1 is 1.11 bits per heavy atom. The molecule has 0 atom stereocenters. The average molecular weight is 382 g/mol. The highest BCUT2D eigenvalue weighted by Gasteiger charge is 2.33. The van der Waals surface area contributed by atoms with Gasteiger partial charge >= 0.3 is 0 Å². The van der Waals surface area contributed by atoms with Crippen molar-refractivity contribution in [1.29, 1.82) is 0 Å². The van der Waals surface area contributed by atoms with Crippen molar-refractivity contribution in [3.8, 4) is 0 Å². The number of benzene rings is 2. The van der Waals surface area contributed by atoms with Crippen molar-refractivity contribution in [3.05, 3.63) is 64.2 Å². The molecule has 146 valence electrons. The Bertz CT molecular complexity index is 895. The second-order valence-electron chi connectivity index (χ2n) is 6.65. The summed E-state index contributed by atoms with van der Waals surface area (Å²) in [6.07, 6.45) is 1.80. The van der Waals surface area contributed by atoms with Crippen LogP contribution in [0, 0.1) is 16.0 Å². The second-order valence-corrected chi connectivity index (χ2v) is 6.65. The quantitative estimate of drug-likeness (QED) is 0.415. The molecule has 3 rings (SSSR count). The number of nitrogens with one attached hydrogen (secondary N) is 2. The molecule has 28 heavy (non-hydrogen) atoms. The van der Waals surface area contributed by atoms with E-state index in [0.717, 1.165) is 12.8 Å². The van der Waals surface area contributed by atoms with E-state index in [1.807, 2.05) is 0 Å². The number of nitro benzene ring substituents is 1. The molecule has 0 radical (unpaired) electrons. The van der Waals surface area contributed by atoms with E-state index in [0.29, 0.717) is 23.5 Å². The minimum absolute atomic E-state index is 0.0145. The van der Waals surface area contributed by atoms with Crippen molar-refractivity contribution in [2.75, 3.05) is 30.4 Å². The number of carbonyl (C=O) groups is 2. The molecule has 0 unspecified atom stereocenters. The summed E-state index contributed by atoms with van der Waals surface area (Å²) in [5, 5.41) is 16.8. The first kappa shape index (κ1) is 19.3. The van der Waals surface area contributed by atoms with E-state index in [9.17, 15) is 19.7 Å². The molecule has 0 bridgehead atoms. The van der Waals surface area contributed by atoms with E-state index < -0.39 is 4.92 Å². The van der Waals surface area contributed by atoms with Gasteiger partial charge in [-0.15, -0.1) is 0 Å². The largest absolute Gasteiger partial charge is 0.378 e. The van der Waals surface area contributed by atoms with Crippen LogP contribution in [0.4, 0.5) is 17.1 Å². The smallest absolute Gasteiger partial charge is 0.292 e. The number of amides is 2. The Labute approximate surface area is 162 Å². The fraction of sp³-hybridized carbons (Fsp3) is 0.300. The molecule has 2 N–H and O–H groups in total. The molecule has 1 aliphatic rings. The molecule has 2 aromatic carbocycles. The van der Waals surface area contributed by atoms with Gasteiger partial charge in [0.05, 0.1) is 16.2 Å². The van der Waals surface area contributed by atoms with Gasteiger partial charge in [0.25, 0.3) is 11.6 Å². The summed E-state index contributed by atoms with van der Waals surface area (Å²) >= 11 is 0. The van der Waals surface area contributed by atoms with Crippen LogP contribution in [0.3, 0.4) is 0 Å². The van der Waals surface area contributed by atoms with E-state index >= 15 is 0 Å². The summed E-state index contributed by atoms with van der Waals surface area (Å²) in [5.74, 6) is -0.208. The van der Waals surface area contributed by atoms with Crippen LogP contribution in [0.1, 0.15) is 23.2 Å². The Kier molecular flexibility index (Phi) is 5.88. The number of nitro groups is 1. The van der Waals surface area contributed by atoms with Crippen LogP contribution in [0.15, 0.2) is 48.5 Å². The molecule has 0 aromatic heterocycles. The van der Waals surface area contributed by atoms with Crippen molar-refractivity contribution in [1.82, 2.24) is 5.32 Å². The summed E-state index contributed by atoms with van der Waals surface area (Å²) in [7, 11) is 1.68. The fourth-order valence-electron chi connectivity index (χ4n) is 2.93. The van der Waals surface area contributed by atoms with Crippen molar-refractivity contribution in [2.24, 2.45) is 5.92 Å². The molecule has 1 saturated carbocycles. The lowest BCUT2D eigenvalue weighted by atomic mass is 10.1. The number of para-hydroxylation sites is 3. The highest BCUT2D eigenvalue weighted by Crippen LogP contribution is 2.33. The fourth-order valence-corrected chi connectivity index (χ4v) is 2.93. The molecule has 2 aromatic rings. The van der Waals surface area contributed by atoms with E-state index in [-0.39, 0.29) is 30.0 Å². The number of carbonyl (C=O) groups excluding carboxylic acids is 2. The zero-order valence-electron chi connectivity index (χ0n) is 15.6. The molecule has 1 aliphatic carbocycles. The number of hydrogen-bond donors (Lipinski definition) is 2.